The van der Waals surface area contributed by atoms with Crippen molar-refractivity contribution in [2.45, 2.75) is 52.0 Å². The molecule has 5 nitrogen and oxygen atoms in total. The molecule has 2 unspecified atom stereocenters. The molecule has 0 saturated heterocycles. The predicted molar refractivity (Wildman–Crippen MR) is 69.1 cm³/mol. The van der Waals surface area contributed by atoms with E-state index in [0.29, 0.717) is 25.2 Å². The van der Waals surface area contributed by atoms with Crippen molar-refractivity contribution in [3.63, 3.8) is 0 Å². The van der Waals surface area contributed by atoms with Crippen LogP contribution in [-0.4, -0.2) is 60.8 Å². The maximum atomic E-state index is 9.54. The maximum Gasteiger partial charge on any atom is 0.0897 e. The fourth-order valence-corrected chi connectivity index (χ4v) is 1.20. The summed E-state index contributed by atoms with van der Waals surface area (Å²) in [5.41, 5.74) is 0. The van der Waals surface area contributed by atoms with Gasteiger partial charge in [0.1, 0.15) is 0 Å². The van der Waals surface area contributed by atoms with Crippen LogP contribution in [0.2, 0.25) is 0 Å². The van der Waals surface area contributed by atoms with Crippen molar-refractivity contribution < 1.29 is 14.9 Å². The number of aliphatic hydroxyl groups excluding tert-OH is 2. The maximum absolute atomic E-state index is 9.54. The minimum Gasteiger partial charge on any atom is -0.389 e. The van der Waals surface area contributed by atoms with Crippen molar-refractivity contribution in [3.05, 3.63) is 0 Å². The van der Waals surface area contributed by atoms with Gasteiger partial charge < -0.3 is 25.6 Å². The molecule has 17 heavy (non-hydrogen) atoms. The van der Waals surface area contributed by atoms with E-state index in [1.165, 1.54) is 0 Å². The Labute approximate surface area is 105 Å². The molecular formula is C12H28N2O3. The normalized spacial score (nSPS) is 15.5. The van der Waals surface area contributed by atoms with Gasteiger partial charge in [0, 0.05) is 25.2 Å². The molecule has 0 amide bonds. The Morgan fingerprint density at radius 2 is 1.18 bits per heavy atom. The largest absolute Gasteiger partial charge is 0.389 e. The molecule has 5 heteroatoms. The second-order valence-corrected chi connectivity index (χ2v) is 4.97. The first-order valence-electron chi connectivity index (χ1n) is 6.32. The average Bonchev–Trinajstić information content (AvgIpc) is 2.23. The van der Waals surface area contributed by atoms with Gasteiger partial charge in [-0.3, -0.25) is 0 Å². The zero-order valence-corrected chi connectivity index (χ0v) is 11.4. The highest BCUT2D eigenvalue weighted by atomic mass is 16.5. The van der Waals surface area contributed by atoms with Crippen molar-refractivity contribution in [1.82, 2.24) is 10.6 Å². The SMILES string of the molecule is CC(C)NCC(O)COCC(O)CNC(C)C. The molecular weight excluding hydrogens is 220 g/mol. The van der Waals surface area contributed by atoms with Gasteiger partial charge in [-0.25, -0.2) is 0 Å². The first-order valence-corrected chi connectivity index (χ1v) is 6.32. The second kappa shape index (κ2) is 9.79. The summed E-state index contributed by atoms with van der Waals surface area (Å²) in [6.07, 6.45) is -1.05. The molecule has 0 saturated carbocycles. The van der Waals surface area contributed by atoms with E-state index in [-0.39, 0.29) is 13.2 Å². The van der Waals surface area contributed by atoms with Crippen LogP contribution < -0.4 is 10.6 Å². The van der Waals surface area contributed by atoms with Crippen molar-refractivity contribution in [3.8, 4) is 0 Å². The summed E-state index contributed by atoms with van der Waals surface area (Å²) in [4.78, 5) is 0. The highest BCUT2D eigenvalue weighted by molar-refractivity contribution is 4.64. The minimum atomic E-state index is -0.525. The van der Waals surface area contributed by atoms with Gasteiger partial charge in [0.25, 0.3) is 0 Å². The topological polar surface area (TPSA) is 73.8 Å². The first kappa shape index (κ1) is 16.8. The fraction of sp³-hybridized carbons (Fsp3) is 1.00. The van der Waals surface area contributed by atoms with E-state index in [1.54, 1.807) is 0 Å². The molecule has 0 spiro atoms. The molecule has 0 aromatic carbocycles. The van der Waals surface area contributed by atoms with Crippen LogP contribution in [0.25, 0.3) is 0 Å². The molecule has 0 aliphatic carbocycles. The molecule has 0 bridgehead atoms. The van der Waals surface area contributed by atoms with Crippen LogP contribution in [0.3, 0.4) is 0 Å². The van der Waals surface area contributed by atoms with Crippen LogP contribution in [0.1, 0.15) is 27.7 Å². The van der Waals surface area contributed by atoms with Gasteiger partial charge in [-0.05, 0) is 0 Å². The van der Waals surface area contributed by atoms with Gasteiger partial charge in [0.15, 0.2) is 0 Å². The number of hydrogen-bond donors (Lipinski definition) is 4. The van der Waals surface area contributed by atoms with E-state index in [1.807, 2.05) is 27.7 Å². The molecule has 0 radical (unpaired) electrons. The minimum absolute atomic E-state index is 0.248. The average molecular weight is 248 g/mol. The van der Waals surface area contributed by atoms with E-state index in [2.05, 4.69) is 10.6 Å². The molecule has 0 heterocycles. The summed E-state index contributed by atoms with van der Waals surface area (Å²) in [6.45, 7) is 9.61. The number of ether oxygens (including phenoxy) is 1. The fourth-order valence-electron chi connectivity index (χ4n) is 1.20. The monoisotopic (exact) mass is 248 g/mol. The van der Waals surface area contributed by atoms with E-state index in [0.717, 1.165) is 0 Å². The summed E-state index contributed by atoms with van der Waals surface area (Å²) < 4.78 is 5.24. The van der Waals surface area contributed by atoms with Gasteiger partial charge in [-0.15, -0.1) is 0 Å². The third-order valence-electron chi connectivity index (χ3n) is 2.14. The first-order chi connectivity index (χ1) is 7.91. The lowest BCUT2D eigenvalue weighted by Crippen LogP contribution is -2.37. The summed E-state index contributed by atoms with van der Waals surface area (Å²) in [5.74, 6) is 0. The third-order valence-corrected chi connectivity index (χ3v) is 2.14. The van der Waals surface area contributed by atoms with E-state index < -0.39 is 12.2 Å². The van der Waals surface area contributed by atoms with Crippen molar-refractivity contribution in [2.24, 2.45) is 0 Å². The molecule has 4 N–H and O–H groups in total. The summed E-state index contributed by atoms with van der Waals surface area (Å²) in [5, 5.41) is 25.3. The van der Waals surface area contributed by atoms with Gasteiger partial charge in [0.2, 0.25) is 0 Å². The van der Waals surface area contributed by atoms with Gasteiger partial charge in [0.05, 0.1) is 25.4 Å². The molecule has 0 rings (SSSR count). The lowest BCUT2D eigenvalue weighted by molar-refractivity contribution is -0.00718. The zero-order valence-electron chi connectivity index (χ0n) is 11.4. The molecule has 0 fully saturated rings. The van der Waals surface area contributed by atoms with Gasteiger partial charge in [-0.1, -0.05) is 27.7 Å². The van der Waals surface area contributed by atoms with Crippen molar-refractivity contribution in [2.75, 3.05) is 26.3 Å². The standard InChI is InChI=1S/C12H28N2O3/c1-9(2)13-5-11(15)7-17-8-12(16)6-14-10(3)4/h9-16H,5-8H2,1-4H3. The van der Waals surface area contributed by atoms with E-state index in [9.17, 15) is 10.2 Å². The number of aliphatic hydroxyl groups is 2. The van der Waals surface area contributed by atoms with Crippen LogP contribution in [0.5, 0.6) is 0 Å². The Kier molecular flexibility index (Phi) is 9.68. The lowest BCUT2D eigenvalue weighted by atomic mass is 10.3. The molecule has 0 aromatic heterocycles. The smallest absolute Gasteiger partial charge is 0.0897 e. The van der Waals surface area contributed by atoms with E-state index >= 15 is 0 Å². The van der Waals surface area contributed by atoms with Gasteiger partial charge >= 0.3 is 0 Å². The molecule has 0 aliphatic rings. The van der Waals surface area contributed by atoms with Crippen LogP contribution >= 0.6 is 0 Å². The number of hydrogen-bond acceptors (Lipinski definition) is 5. The summed E-state index contributed by atoms with van der Waals surface area (Å²) in [6, 6.07) is 0.705. The Morgan fingerprint density at radius 3 is 1.47 bits per heavy atom. The zero-order chi connectivity index (χ0) is 13.3. The van der Waals surface area contributed by atoms with Crippen LogP contribution in [0.15, 0.2) is 0 Å². The van der Waals surface area contributed by atoms with E-state index in [4.69, 9.17) is 4.74 Å². The number of rotatable bonds is 10. The Morgan fingerprint density at radius 1 is 0.824 bits per heavy atom. The summed E-state index contributed by atoms with van der Waals surface area (Å²) >= 11 is 0. The highest BCUT2D eigenvalue weighted by Crippen LogP contribution is 1.90. The van der Waals surface area contributed by atoms with Crippen molar-refractivity contribution >= 4 is 0 Å². The second-order valence-electron chi connectivity index (χ2n) is 4.97. The molecule has 0 aromatic rings. The highest BCUT2D eigenvalue weighted by Gasteiger charge is 2.08. The Hall–Kier alpha value is -0.200. The Balaban J connectivity index is 3.42. The lowest BCUT2D eigenvalue weighted by Gasteiger charge is -2.17. The molecule has 0 aliphatic heterocycles. The van der Waals surface area contributed by atoms with Crippen molar-refractivity contribution in [1.29, 1.82) is 0 Å². The molecule has 104 valence electrons. The van der Waals surface area contributed by atoms with Crippen LogP contribution in [0, 0.1) is 0 Å². The third kappa shape index (κ3) is 12.1. The van der Waals surface area contributed by atoms with Crippen LogP contribution in [-0.2, 0) is 4.74 Å². The quantitative estimate of drug-likeness (QED) is 0.428. The predicted octanol–water partition coefficient (Wildman–Crippen LogP) is -0.279. The Bertz CT molecular complexity index is 159. The molecule has 2 atom stereocenters. The number of nitrogens with one attached hydrogen (secondary N) is 2. The van der Waals surface area contributed by atoms with Crippen LogP contribution in [0.4, 0.5) is 0 Å². The van der Waals surface area contributed by atoms with Gasteiger partial charge in [-0.2, -0.15) is 0 Å². The summed E-state index contributed by atoms with van der Waals surface area (Å²) in [7, 11) is 0.